The van der Waals surface area contributed by atoms with Gasteiger partial charge in [-0.2, -0.15) is 0 Å². The summed E-state index contributed by atoms with van der Waals surface area (Å²) in [5.41, 5.74) is 1.61. The number of nitrogens with zero attached hydrogens (tertiary/aromatic N) is 2. The molecule has 1 aromatic heterocycles. The topological polar surface area (TPSA) is 61.3 Å². The van der Waals surface area contributed by atoms with Crippen molar-refractivity contribution in [2.75, 3.05) is 13.7 Å². The molecule has 5 heteroatoms. The highest BCUT2D eigenvalue weighted by atomic mass is 16.5. The second-order valence-corrected chi connectivity index (χ2v) is 3.73. The molecule has 1 aromatic carbocycles. The molecule has 0 N–H and O–H groups in total. The molecule has 0 aliphatic carbocycles. The number of carbonyl (C=O) groups is 1. The van der Waals surface area contributed by atoms with Gasteiger partial charge < -0.3 is 9.47 Å². The minimum Gasteiger partial charge on any atom is -0.494 e. The smallest absolute Gasteiger partial charge is 0.358 e. The predicted molar refractivity (Wildman–Crippen MR) is 70.0 cm³/mol. The van der Waals surface area contributed by atoms with Crippen molar-refractivity contribution in [3.63, 3.8) is 0 Å². The monoisotopic (exact) mass is 258 g/mol. The minimum atomic E-state index is -0.507. The fourth-order valence-electron chi connectivity index (χ4n) is 1.63. The first-order valence-electron chi connectivity index (χ1n) is 5.90. The third-order valence-corrected chi connectivity index (χ3v) is 2.51. The maximum Gasteiger partial charge on any atom is 0.358 e. The number of carbonyl (C=O) groups excluding carboxylic acids is 1. The predicted octanol–water partition coefficient (Wildman–Crippen LogP) is 2.33. The van der Waals surface area contributed by atoms with Crippen molar-refractivity contribution in [3.8, 4) is 17.0 Å². The van der Waals surface area contributed by atoms with Gasteiger partial charge in [-0.3, -0.25) is 0 Å². The van der Waals surface area contributed by atoms with Crippen LogP contribution in [0.1, 0.15) is 17.4 Å². The lowest BCUT2D eigenvalue weighted by Gasteiger charge is -2.08. The summed E-state index contributed by atoms with van der Waals surface area (Å²) in [6.45, 7) is 2.03. The first kappa shape index (κ1) is 13.0. The van der Waals surface area contributed by atoms with Crippen molar-refractivity contribution in [3.05, 3.63) is 42.1 Å². The zero-order valence-electron chi connectivity index (χ0n) is 10.8. The molecule has 0 fully saturated rings. The van der Waals surface area contributed by atoms with Crippen molar-refractivity contribution >= 4 is 5.97 Å². The number of methoxy groups -OCH3 is 1. The van der Waals surface area contributed by atoms with Crippen LogP contribution in [-0.2, 0) is 4.74 Å². The zero-order chi connectivity index (χ0) is 13.7. The molecule has 19 heavy (non-hydrogen) atoms. The van der Waals surface area contributed by atoms with E-state index < -0.39 is 5.97 Å². The van der Waals surface area contributed by atoms with Crippen LogP contribution in [0.4, 0.5) is 0 Å². The number of benzene rings is 1. The molecule has 0 spiro atoms. The molecule has 5 nitrogen and oxygen atoms in total. The van der Waals surface area contributed by atoms with Crippen LogP contribution in [0.3, 0.4) is 0 Å². The molecule has 0 bridgehead atoms. The van der Waals surface area contributed by atoms with E-state index in [0.717, 1.165) is 5.56 Å². The summed E-state index contributed by atoms with van der Waals surface area (Å²) in [5.74, 6) is -0.0165. The summed E-state index contributed by atoms with van der Waals surface area (Å²) in [6.07, 6.45) is 0. The van der Waals surface area contributed by atoms with Gasteiger partial charge in [-0.15, -0.1) is 10.2 Å². The van der Waals surface area contributed by atoms with Crippen LogP contribution in [0.25, 0.3) is 11.3 Å². The lowest BCUT2D eigenvalue weighted by molar-refractivity contribution is 0.0517. The van der Waals surface area contributed by atoms with E-state index >= 15 is 0 Å². The zero-order valence-corrected chi connectivity index (χ0v) is 10.8. The van der Waals surface area contributed by atoms with Crippen LogP contribution < -0.4 is 4.74 Å². The molecular weight excluding hydrogens is 244 g/mol. The highest BCUT2D eigenvalue weighted by molar-refractivity contribution is 5.88. The Kier molecular flexibility index (Phi) is 4.07. The Morgan fingerprint density at radius 3 is 2.58 bits per heavy atom. The molecule has 2 rings (SSSR count). The van der Waals surface area contributed by atoms with Crippen LogP contribution in [0.15, 0.2) is 36.4 Å². The van der Waals surface area contributed by atoms with Gasteiger partial charge in [0.1, 0.15) is 11.4 Å². The Hall–Kier alpha value is -2.43. The standard InChI is InChI=1S/C14H14N2O3/c1-3-19-14(17)11-9-12(18-2)13(16-15-11)10-7-5-4-6-8-10/h4-9H,3H2,1-2H3. The van der Waals surface area contributed by atoms with E-state index in [4.69, 9.17) is 9.47 Å². The fourth-order valence-corrected chi connectivity index (χ4v) is 1.63. The molecule has 0 aliphatic heterocycles. The number of ether oxygens (including phenoxy) is 2. The number of esters is 1. The lowest BCUT2D eigenvalue weighted by atomic mass is 10.1. The van der Waals surface area contributed by atoms with E-state index in [0.29, 0.717) is 18.1 Å². The van der Waals surface area contributed by atoms with E-state index in [1.165, 1.54) is 13.2 Å². The van der Waals surface area contributed by atoms with Crippen LogP contribution in [-0.4, -0.2) is 29.9 Å². The third-order valence-electron chi connectivity index (χ3n) is 2.51. The molecule has 1 heterocycles. The Morgan fingerprint density at radius 2 is 1.95 bits per heavy atom. The maximum absolute atomic E-state index is 11.6. The van der Waals surface area contributed by atoms with Crippen LogP contribution >= 0.6 is 0 Å². The highest BCUT2D eigenvalue weighted by Gasteiger charge is 2.15. The molecule has 0 unspecified atom stereocenters. The first-order chi connectivity index (χ1) is 9.26. The molecule has 0 saturated carbocycles. The normalized spacial score (nSPS) is 10.0. The van der Waals surface area contributed by atoms with Gasteiger partial charge in [0, 0.05) is 11.6 Å². The van der Waals surface area contributed by atoms with Crippen molar-refractivity contribution in [1.29, 1.82) is 0 Å². The SMILES string of the molecule is CCOC(=O)c1cc(OC)c(-c2ccccc2)nn1. The molecular formula is C14H14N2O3. The van der Waals surface area contributed by atoms with E-state index in [-0.39, 0.29) is 5.69 Å². The fraction of sp³-hybridized carbons (Fsp3) is 0.214. The average Bonchev–Trinajstić information content (AvgIpc) is 2.47. The summed E-state index contributed by atoms with van der Waals surface area (Å²) < 4.78 is 10.1. The average molecular weight is 258 g/mol. The summed E-state index contributed by atoms with van der Waals surface area (Å²) in [4.78, 5) is 11.6. The Bertz CT molecular complexity index is 570. The molecule has 0 aliphatic rings. The van der Waals surface area contributed by atoms with Gasteiger partial charge in [-0.1, -0.05) is 30.3 Å². The maximum atomic E-state index is 11.6. The summed E-state index contributed by atoms with van der Waals surface area (Å²) in [7, 11) is 1.53. The number of hydrogen-bond acceptors (Lipinski definition) is 5. The van der Waals surface area contributed by atoms with Gasteiger partial charge in [0.15, 0.2) is 5.69 Å². The minimum absolute atomic E-state index is 0.137. The third kappa shape index (κ3) is 2.88. The molecule has 0 amide bonds. The molecule has 0 radical (unpaired) electrons. The second kappa shape index (κ2) is 5.95. The van der Waals surface area contributed by atoms with Gasteiger partial charge in [-0.25, -0.2) is 4.79 Å². The quantitative estimate of drug-likeness (QED) is 0.788. The molecule has 0 atom stereocenters. The van der Waals surface area contributed by atoms with Gasteiger partial charge in [-0.05, 0) is 6.92 Å². The Morgan fingerprint density at radius 1 is 1.21 bits per heavy atom. The van der Waals surface area contributed by atoms with E-state index in [2.05, 4.69) is 10.2 Å². The molecule has 2 aromatic rings. The highest BCUT2D eigenvalue weighted by Crippen LogP contribution is 2.27. The summed E-state index contributed by atoms with van der Waals surface area (Å²) >= 11 is 0. The van der Waals surface area contributed by atoms with Gasteiger partial charge in [0.05, 0.1) is 13.7 Å². The molecule has 0 saturated heterocycles. The number of hydrogen-bond donors (Lipinski definition) is 0. The Labute approximate surface area is 111 Å². The van der Waals surface area contributed by atoms with Gasteiger partial charge in [0.25, 0.3) is 0 Å². The summed E-state index contributed by atoms with van der Waals surface area (Å²) in [6, 6.07) is 11.0. The van der Waals surface area contributed by atoms with Crippen molar-refractivity contribution < 1.29 is 14.3 Å². The molecule has 98 valence electrons. The summed E-state index contributed by atoms with van der Waals surface area (Å²) in [5, 5.41) is 7.92. The van der Waals surface area contributed by atoms with Crippen molar-refractivity contribution in [1.82, 2.24) is 10.2 Å². The van der Waals surface area contributed by atoms with Crippen molar-refractivity contribution in [2.24, 2.45) is 0 Å². The lowest BCUT2D eigenvalue weighted by Crippen LogP contribution is -2.09. The second-order valence-electron chi connectivity index (χ2n) is 3.73. The largest absolute Gasteiger partial charge is 0.494 e. The van der Waals surface area contributed by atoms with Crippen LogP contribution in [0.2, 0.25) is 0 Å². The van der Waals surface area contributed by atoms with Gasteiger partial charge in [0.2, 0.25) is 0 Å². The van der Waals surface area contributed by atoms with Gasteiger partial charge >= 0.3 is 5.97 Å². The first-order valence-corrected chi connectivity index (χ1v) is 5.90. The Balaban J connectivity index is 2.40. The van der Waals surface area contributed by atoms with Crippen molar-refractivity contribution in [2.45, 2.75) is 6.92 Å². The van der Waals surface area contributed by atoms with E-state index in [1.807, 2.05) is 30.3 Å². The van der Waals surface area contributed by atoms with E-state index in [1.54, 1.807) is 6.92 Å². The van der Waals surface area contributed by atoms with Crippen LogP contribution in [0.5, 0.6) is 5.75 Å². The van der Waals surface area contributed by atoms with E-state index in [9.17, 15) is 4.79 Å². The van der Waals surface area contributed by atoms with Crippen LogP contribution in [0, 0.1) is 0 Å². The number of aromatic nitrogens is 2. The number of rotatable bonds is 4.